The molecule has 1 heterocycles. The van der Waals surface area contributed by atoms with Gasteiger partial charge in [0.15, 0.2) is 0 Å². The summed E-state index contributed by atoms with van der Waals surface area (Å²) < 4.78 is 26.0. The van der Waals surface area contributed by atoms with Gasteiger partial charge < -0.3 is 5.32 Å². The summed E-state index contributed by atoms with van der Waals surface area (Å²) in [6.07, 6.45) is 3.40. The lowest BCUT2D eigenvalue weighted by atomic mass is 9.87. The Balaban J connectivity index is 2.10. The first-order chi connectivity index (χ1) is 9.47. The zero-order chi connectivity index (χ0) is 14.7. The molecule has 4 heteroatoms. The first-order valence-corrected chi connectivity index (χ1v) is 7.18. The molecule has 2 rings (SSSR count). The van der Waals surface area contributed by atoms with Crippen molar-refractivity contribution in [1.82, 2.24) is 10.3 Å². The number of nitrogens with one attached hydrogen (secondary N) is 1. The molecule has 0 saturated heterocycles. The van der Waals surface area contributed by atoms with Crippen molar-refractivity contribution in [3.8, 4) is 0 Å². The molecule has 1 aromatic rings. The lowest BCUT2D eigenvalue weighted by Crippen LogP contribution is -2.31. The average Bonchev–Trinajstić information content (AvgIpc) is 2.41. The van der Waals surface area contributed by atoms with Crippen molar-refractivity contribution in [1.29, 1.82) is 0 Å². The standard InChI is InChI=1S/C16H22F2N2/c1-10-4-6-13(7-5-10)20-12(3)14-8-11(2)9-19-15(14)16(17)18/h8-10,13,16,20H,3-7H2,1-2H3. The predicted octanol–water partition coefficient (Wildman–Crippen LogP) is 4.47. The number of hydrogen-bond acceptors (Lipinski definition) is 2. The Kier molecular flexibility index (Phi) is 4.73. The molecular weight excluding hydrogens is 258 g/mol. The quantitative estimate of drug-likeness (QED) is 0.880. The van der Waals surface area contributed by atoms with Gasteiger partial charge in [-0.1, -0.05) is 13.5 Å². The summed E-state index contributed by atoms with van der Waals surface area (Å²) in [6.45, 7) is 8.04. The predicted molar refractivity (Wildman–Crippen MR) is 77.5 cm³/mol. The fourth-order valence-corrected chi connectivity index (χ4v) is 2.72. The fourth-order valence-electron chi connectivity index (χ4n) is 2.72. The lowest BCUT2D eigenvalue weighted by molar-refractivity contribution is 0.145. The van der Waals surface area contributed by atoms with Crippen LogP contribution in [-0.2, 0) is 0 Å². The molecule has 0 aromatic carbocycles. The molecule has 1 N–H and O–H groups in total. The SMILES string of the molecule is C=C(NC1CCC(C)CC1)c1cc(C)cnc1C(F)F. The van der Waals surface area contributed by atoms with E-state index in [-0.39, 0.29) is 5.69 Å². The Bertz CT molecular complexity index is 477. The van der Waals surface area contributed by atoms with E-state index in [2.05, 4.69) is 23.8 Å². The first kappa shape index (κ1) is 14.9. The third-order valence-corrected chi connectivity index (χ3v) is 3.98. The fraction of sp³-hybridized carbons (Fsp3) is 0.562. The summed E-state index contributed by atoms with van der Waals surface area (Å²) in [4.78, 5) is 3.85. The Morgan fingerprint density at radius 1 is 1.35 bits per heavy atom. The summed E-state index contributed by atoms with van der Waals surface area (Å²) in [5, 5.41) is 3.31. The number of pyridine rings is 1. The highest BCUT2D eigenvalue weighted by Gasteiger charge is 2.21. The van der Waals surface area contributed by atoms with Crippen molar-refractivity contribution >= 4 is 5.70 Å². The van der Waals surface area contributed by atoms with Crippen molar-refractivity contribution in [2.45, 2.75) is 52.0 Å². The van der Waals surface area contributed by atoms with Gasteiger partial charge in [0.2, 0.25) is 0 Å². The largest absolute Gasteiger partial charge is 0.382 e. The van der Waals surface area contributed by atoms with Crippen molar-refractivity contribution in [2.24, 2.45) is 5.92 Å². The van der Waals surface area contributed by atoms with Gasteiger partial charge in [-0.15, -0.1) is 0 Å². The van der Waals surface area contributed by atoms with Crippen LogP contribution >= 0.6 is 0 Å². The van der Waals surface area contributed by atoms with E-state index in [0.29, 0.717) is 17.3 Å². The van der Waals surface area contributed by atoms with Crippen molar-refractivity contribution in [3.05, 3.63) is 35.7 Å². The smallest absolute Gasteiger partial charge is 0.281 e. The molecule has 1 aliphatic rings. The highest BCUT2D eigenvalue weighted by molar-refractivity contribution is 5.64. The minimum atomic E-state index is -2.57. The first-order valence-electron chi connectivity index (χ1n) is 7.18. The highest BCUT2D eigenvalue weighted by atomic mass is 19.3. The minimum Gasteiger partial charge on any atom is -0.382 e. The number of aromatic nitrogens is 1. The topological polar surface area (TPSA) is 24.9 Å². The van der Waals surface area contributed by atoms with Crippen LogP contribution in [0.15, 0.2) is 18.8 Å². The van der Waals surface area contributed by atoms with E-state index in [1.54, 1.807) is 6.07 Å². The molecule has 1 saturated carbocycles. The Morgan fingerprint density at radius 3 is 2.60 bits per heavy atom. The van der Waals surface area contributed by atoms with Crippen LogP contribution in [0.3, 0.4) is 0 Å². The molecule has 20 heavy (non-hydrogen) atoms. The van der Waals surface area contributed by atoms with Crippen LogP contribution in [0.4, 0.5) is 8.78 Å². The van der Waals surface area contributed by atoms with Gasteiger partial charge in [0.25, 0.3) is 6.43 Å². The van der Waals surface area contributed by atoms with Crippen LogP contribution in [0, 0.1) is 12.8 Å². The van der Waals surface area contributed by atoms with Crippen molar-refractivity contribution in [3.63, 3.8) is 0 Å². The molecule has 1 aliphatic carbocycles. The molecular formula is C16H22F2N2. The average molecular weight is 280 g/mol. The zero-order valence-electron chi connectivity index (χ0n) is 12.1. The Hall–Kier alpha value is -1.45. The zero-order valence-corrected chi connectivity index (χ0v) is 12.1. The Morgan fingerprint density at radius 2 is 2.00 bits per heavy atom. The van der Waals surface area contributed by atoms with Crippen LogP contribution in [-0.4, -0.2) is 11.0 Å². The van der Waals surface area contributed by atoms with E-state index in [4.69, 9.17) is 0 Å². The molecule has 0 aliphatic heterocycles. The molecule has 0 amide bonds. The number of halogens is 2. The second kappa shape index (κ2) is 6.33. The van der Waals surface area contributed by atoms with Crippen molar-refractivity contribution < 1.29 is 8.78 Å². The van der Waals surface area contributed by atoms with Crippen LogP contribution in [0.1, 0.15) is 55.9 Å². The van der Waals surface area contributed by atoms with Crippen LogP contribution < -0.4 is 5.32 Å². The molecule has 0 atom stereocenters. The number of hydrogen-bond donors (Lipinski definition) is 1. The van der Waals surface area contributed by atoms with Gasteiger partial charge in [-0.2, -0.15) is 0 Å². The molecule has 1 aromatic heterocycles. The van der Waals surface area contributed by atoms with E-state index >= 15 is 0 Å². The highest BCUT2D eigenvalue weighted by Crippen LogP contribution is 2.28. The van der Waals surface area contributed by atoms with Gasteiger partial charge in [0, 0.05) is 23.5 Å². The molecule has 0 bridgehead atoms. The summed E-state index contributed by atoms with van der Waals surface area (Å²) in [6, 6.07) is 2.07. The van der Waals surface area contributed by atoms with Crippen molar-refractivity contribution in [2.75, 3.05) is 0 Å². The second-order valence-corrected chi connectivity index (χ2v) is 5.83. The summed E-state index contributed by atoms with van der Waals surface area (Å²) in [5.41, 5.74) is 1.69. The normalized spacial score (nSPS) is 22.9. The molecule has 110 valence electrons. The second-order valence-electron chi connectivity index (χ2n) is 5.83. The van der Waals surface area contributed by atoms with Gasteiger partial charge in [-0.25, -0.2) is 8.78 Å². The number of aryl methyl sites for hydroxylation is 1. The number of alkyl halides is 2. The van der Waals surface area contributed by atoms with Crippen LogP contribution in [0.2, 0.25) is 0 Å². The van der Waals surface area contributed by atoms with Crippen LogP contribution in [0.5, 0.6) is 0 Å². The Labute approximate surface area is 119 Å². The maximum atomic E-state index is 13.0. The summed E-state index contributed by atoms with van der Waals surface area (Å²) in [7, 11) is 0. The maximum absolute atomic E-state index is 13.0. The van der Waals surface area contributed by atoms with E-state index in [9.17, 15) is 8.78 Å². The third kappa shape index (κ3) is 3.56. The van der Waals surface area contributed by atoms with Gasteiger partial charge in [-0.05, 0) is 50.2 Å². The number of rotatable bonds is 4. The summed E-state index contributed by atoms with van der Waals surface area (Å²) in [5.74, 6) is 0.763. The van der Waals surface area contributed by atoms with E-state index in [0.717, 1.165) is 24.3 Å². The minimum absolute atomic E-state index is 0.183. The molecule has 0 spiro atoms. The monoisotopic (exact) mass is 280 g/mol. The molecule has 1 fully saturated rings. The van der Waals surface area contributed by atoms with Gasteiger partial charge >= 0.3 is 0 Å². The maximum Gasteiger partial charge on any atom is 0.281 e. The van der Waals surface area contributed by atoms with Gasteiger partial charge in [0.05, 0.1) is 0 Å². The molecule has 2 nitrogen and oxygen atoms in total. The van der Waals surface area contributed by atoms with E-state index in [1.165, 1.54) is 19.0 Å². The number of nitrogens with zero attached hydrogens (tertiary/aromatic N) is 1. The summed E-state index contributed by atoms with van der Waals surface area (Å²) >= 11 is 0. The molecule has 0 radical (unpaired) electrons. The van der Waals surface area contributed by atoms with Gasteiger partial charge in [-0.3, -0.25) is 4.98 Å². The van der Waals surface area contributed by atoms with Gasteiger partial charge in [0.1, 0.15) is 5.69 Å². The van der Waals surface area contributed by atoms with E-state index < -0.39 is 6.43 Å². The van der Waals surface area contributed by atoms with E-state index in [1.807, 2.05) is 6.92 Å². The lowest BCUT2D eigenvalue weighted by Gasteiger charge is -2.29. The van der Waals surface area contributed by atoms with Crippen LogP contribution in [0.25, 0.3) is 5.70 Å². The molecule has 0 unspecified atom stereocenters. The third-order valence-electron chi connectivity index (χ3n) is 3.98.